The summed E-state index contributed by atoms with van der Waals surface area (Å²) in [5.41, 5.74) is 9.98. The molecule has 0 heterocycles. The zero-order valence-corrected chi connectivity index (χ0v) is 10.5. The lowest BCUT2D eigenvalue weighted by Gasteiger charge is -2.07. The summed E-state index contributed by atoms with van der Waals surface area (Å²) in [6.07, 6.45) is 0. The van der Waals surface area contributed by atoms with Crippen LogP contribution in [0.4, 0.5) is 0 Å². The van der Waals surface area contributed by atoms with E-state index in [-0.39, 0.29) is 11.9 Å². The Hall–Kier alpha value is -1.44. The Morgan fingerprint density at radius 1 is 1.12 bits per heavy atom. The van der Waals surface area contributed by atoms with Crippen molar-refractivity contribution < 1.29 is 25.9 Å². The number of guanidine groups is 2. The highest BCUT2D eigenvalue weighted by Crippen LogP contribution is 1.90. The van der Waals surface area contributed by atoms with Gasteiger partial charge in [0.15, 0.2) is 5.96 Å². The standard InChI is InChI=1S/C4H11N5.H2O6S2/c1-9(2)4(7)8-3(5)6;1-7(2,3)8(4,5)6/h1-2H3,(H5,5,6,7,8);(H,1,2,3)(H,4,5,6). The topological polar surface area (TPSA) is 200 Å². The highest BCUT2D eigenvalue weighted by molar-refractivity contribution is 8.62. The van der Waals surface area contributed by atoms with Crippen LogP contribution in [0.15, 0.2) is 4.99 Å². The fourth-order valence-electron chi connectivity index (χ4n) is 0.222. The number of hydrogen-bond acceptors (Lipinski definition) is 5. The molecule has 0 amide bonds. The van der Waals surface area contributed by atoms with Gasteiger partial charge in [-0.25, -0.2) is 0 Å². The SMILES string of the molecule is CN(C)C(=N)N=C(N)N.O=S(=O)(O)S(=O)(=O)O. The second-order valence-corrected chi connectivity index (χ2v) is 6.85. The molecule has 0 rings (SSSR count). The van der Waals surface area contributed by atoms with Gasteiger partial charge in [-0.15, -0.1) is 0 Å². The molecule has 102 valence electrons. The molecule has 0 aliphatic heterocycles. The summed E-state index contributed by atoms with van der Waals surface area (Å²) in [5, 5.41) is 7.05. The Morgan fingerprint density at radius 3 is 1.47 bits per heavy atom. The number of rotatable bonds is 1. The molecule has 0 aliphatic carbocycles. The third-order valence-corrected chi connectivity index (χ3v) is 3.05. The van der Waals surface area contributed by atoms with Gasteiger partial charge in [0.25, 0.3) is 0 Å². The van der Waals surface area contributed by atoms with E-state index in [0.717, 1.165) is 0 Å². The molecule has 7 N–H and O–H groups in total. The average molecular weight is 291 g/mol. The number of aliphatic imine (C=N–C) groups is 1. The van der Waals surface area contributed by atoms with Crippen molar-refractivity contribution in [3.8, 4) is 0 Å². The van der Waals surface area contributed by atoms with E-state index >= 15 is 0 Å². The molecular formula is C4H13N5O6S2. The van der Waals surface area contributed by atoms with Gasteiger partial charge in [0.1, 0.15) is 0 Å². The second-order valence-electron chi connectivity index (χ2n) is 2.61. The zero-order valence-electron chi connectivity index (χ0n) is 8.89. The molecule has 0 aliphatic rings. The van der Waals surface area contributed by atoms with E-state index in [1.807, 2.05) is 0 Å². The molecule has 0 aromatic rings. The minimum absolute atomic E-state index is 0.0509. The van der Waals surface area contributed by atoms with Crippen molar-refractivity contribution in [3.05, 3.63) is 0 Å². The Balaban J connectivity index is 0. The first kappa shape index (κ1) is 17.9. The maximum atomic E-state index is 9.37. The summed E-state index contributed by atoms with van der Waals surface area (Å²) >= 11 is 0. The van der Waals surface area contributed by atoms with Gasteiger partial charge in [-0.3, -0.25) is 14.5 Å². The van der Waals surface area contributed by atoms with Crippen LogP contribution in [0.1, 0.15) is 0 Å². The minimum Gasteiger partial charge on any atom is -0.370 e. The molecule has 17 heavy (non-hydrogen) atoms. The molecule has 0 saturated carbocycles. The zero-order chi connectivity index (χ0) is 14.4. The second kappa shape index (κ2) is 6.33. The molecule has 0 spiro atoms. The normalized spacial score (nSPS) is 10.8. The molecule has 0 unspecified atom stereocenters. The summed E-state index contributed by atoms with van der Waals surface area (Å²) in [7, 11) is -7.25. The molecule has 0 bridgehead atoms. The van der Waals surface area contributed by atoms with Crippen LogP contribution in [0.25, 0.3) is 0 Å². The summed E-state index contributed by atoms with van der Waals surface area (Å²) in [6, 6.07) is 0. The van der Waals surface area contributed by atoms with Crippen molar-refractivity contribution in [3.63, 3.8) is 0 Å². The maximum absolute atomic E-state index is 9.37. The van der Waals surface area contributed by atoms with Crippen LogP contribution in [-0.4, -0.2) is 56.9 Å². The first-order valence-electron chi connectivity index (χ1n) is 3.59. The van der Waals surface area contributed by atoms with Crippen LogP contribution in [-0.2, 0) is 18.3 Å². The molecule has 0 saturated heterocycles. The van der Waals surface area contributed by atoms with Gasteiger partial charge in [-0.2, -0.15) is 21.8 Å². The van der Waals surface area contributed by atoms with E-state index in [2.05, 4.69) is 4.99 Å². The van der Waals surface area contributed by atoms with Crippen molar-refractivity contribution in [2.45, 2.75) is 0 Å². The minimum atomic E-state index is -5.31. The monoisotopic (exact) mass is 291 g/mol. The first-order chi connectivity index (χ1) is 7.29. The molecule has 0 aromatic heterocycles. The van der Waals surface area contributed by atoms with Gasteiger partial charge in [-0.05, 0) is 0 Å². The Bertz CT molecular complexity index is 456. The van der Waals surface area contributed by atoms with Gasteiger partial charge in [0, 0.05) is 14.1 Å². The molecule has 0 radical (unpaired) electrons. The number of nitrogens with one attached hydrogen (secondary N) is 1. The third kappa shape index (κ3) is 9.49. The number of nitrogens with two attached hydrogens (primary N) is 2. The van der Waals surface area contributed by atoms with E-state index in [1.165, 1.54) is 4.90 Å². The van der Waals surface area contributed by atoms with E-state index in [0.29, 0.717) is 0 Å². The molecule has 13 heteroatoms. The van der Waals surface area contributed by atoms with E-state index in [9.17, 15) is 16.8 Å². The van der Waals surface area contributed by atoms with E-state index in [4.69, 9.17) is 26.0 Å². The van der Waals surface area contributed by atoms with Gasteiger partial charge in [-0.1, -0.05) is 0 Å². The lowest BCUT2D eigenvalue weighted by molar-refractivity contribution is 0.460. The van der Waals surface area contributed by atoms with Crippen LogP contribution in [0.2, 0.25) is 0 Å². The number of hydrogen-bond donors (Lipinski definition) is 5. The van der Waals surface area contributed by atoms with Crippen LogP contribution in [0.5, 0.6) is 0 Å². The summed E-state index contributed by atoms with van der Waals surface area (Å²) in [4.78, 5) is 4.96. The van der Waals surface area contributed by atoms with Crippen LogP contribution < -0.4 is 11.5 Å². The van der Waals surface area contributed by atoms with Crippen molar-refractivity contribution in [1.82, 2.24) is 4.90 Å². The Kier molecular flexibility index (Phi) is 6.68. The smallest absolute Gasteiger partial charge is 0.370 e. The van der Waals surface area contributed by atoms with Gasteiger partial charge >= 0.3 is 18.3 Å². The first-order valence-corrected chi connectivity index (χ1v) is 6.99. The van der Waals surface area contributed by atoms with Crippen molar-refractivity contribution in [2.75, 3.05) is 14.1 Å². The highest BCUT2D eigenvalue weighted by Gasteiger charge is 2.22. The van der Waals surface area contributed by atoms with Crippen molar-refractivity contribution in [1.29, 1.82) is 5.41 Å². The molecule has 0 fully saturated rings. The lowest BCUT2D eigenvalue weighted by Crippen LogP contribution is -2.28. The van der Waals surface area contributed by atoms with Crippen LogP contribution in [0, 0.1) is 5.41 Å². The highest BCUT2D eigenvalue weighted by atomic mass is 33.2. The predicted molar refractivity (Wildman–Crippen MR) is 60.3 cm³/mol. The van der Waals surface area contributed by atoms with Crippen LogP contribution >= 0.6 is 0 Å². The Morgan fingerprint density at radius 2 is 1.41 bits per heavy atom. The lowest BCUT2D eigenvalue weighted by atomic mass is 10.8. The van der Waals surface area contributed by atoms with Gasteiger partial charge in [0.05, 0.1) is 0 Å². The fraction of sp³-hybridized carbons (Fsp3) is 0.500. The average Bonchev–Trinajstić information content (AvgIpc) is 1.99. The largest absolute Gasteiger partial charge is 0.397 e. The summed E-state index contributed by atoms with van der Waals surface area (Å²) < 4.78 is 52.5. The molecular weight excluding hydrogens is 278 g/mol. The van der Waals surface area contributed by atoms with Crippen LogP contribution in [0.3, 0.4) is 0 Å². The van der Waals surface area contributed by atoms with Crippen molar-refractivity contribution in [2.24, 2.45) is 16.5 Å². The summed E-state index contributed by atoms with van der Waals surface area (Å²) in [5.74, 6) is -0.0382. The Labute approximate surface area is 97.5 Å². The number of nitrogens with zero attached hydrogens (tertiary/aromatic N) is 2. The summed E-state index contributed by atoms with van der Waals surface area (Å²) in [6.45, 7) is 0. The molecule has 0 atom stereocenters. The van der Waals surface area contributed by atoms with Gasteiger partial charge in [0.2, 0.25) is 5.96 Å². The van der Waals surface area contributed by atoms with E-state index < -0.39 is 18.3 Å². The molecule has 0 aromatic carbocycles. The fourth-order valence-corrected chi connectivity index (χ4v) is 0.222. The maximum Gasteiger partial charge on any atom is 0.397 e. The van der Waals surface area contributed by atoms with Crippen molar-refractivity contribution >= 4 is 30.2 Å². The quantitative estimate of drug-likeness (QED) is 0.149. The predicted octanol–water partition coefficient (Wildman–Crippen LogP) is -2.57. The van der Waals surface area contributed by atoms with Gasteiger partial charge < -0.3 is 16.4 Å². The molecule has 11 nitrogen and oxygen atoms in total. The third-order valence-electron chi connectivity index (χ3n) is 0.925. The van der Waals surface area contributed by atoms with E-state index in [1.54, 1.807) is 14.1 Å².